The third kappa shape index (κ3) is 4.73. The fraction of sp³-hybridized carbons (Fsp3) is 0.364. The average Bonchev–Trinajstić information content (AvgIpc) is 2.28. The smallest absolute Gasteiger partial charge is 0.243 e. The first-order valence-electron chi connectivity index (χ1n) is 5.26. The minimum absolute atomic E-state index is 0.0356. The van der Waals surface area contributed by atoms with E-state index in [0.717, 1.165) is 5.57 Å². The van der Waals surface area contributed by atoms with Crippen LogP contribution in [0.15, 0.2) is 35.4 Å². The molecule has 0 atom stereocenters. The molecule has 1 aromatic heterocycles. The summed E-state index contributed by atoms with van der Waals surface area (Å²) in [5.41, 5.74) is 0.883. The van der Waals surface area contributed by atoms with E-state index in [1.807, 2.05) is 6.92 Å². The van der Waals surface area contributed by atoms with E-state index < -0.39 is 10.0 Å². The second-order valence-electron chi connectivity index (χ2n) is 3.70. The second kappa shape index (κ2) is 6.84. The van der Waals surface area contributed by atoms with Crippen molar-refractivity contribution in [2.45, 2.75) is 11.8 Å². The molecule has 0 saturated heterocycles. The van der Waals surface area contributed by atoms with Crippen molar-refractivity contribution < 1.29 is 13.2 Å². The molecule has 0 saturated carbocycles. The lowest BCUT2D eigenvalue weighted by atomic mass is 10.4. The summed E-state index contributed by atoms with van der Waals surface area (Å²) in [7, 11) is -3.64. The van der Waals surface area contributed by atoms with Crippen LogP contribution in [0, 0.1) is 0 Å². The van der Waals surface area contributed by atoms with Crippen molar-refractivity contribution in [1.29, 1.82) is 0 Å². The van der Waals surface area contributed by atoms with E-state index in [2.05, 4.69) is 16.3 Å². The first-order valence-corrected chi connectivity index (χ1v) is 7.12. The Labute approximate surface area is 112 Å². The van der Waals surface area contributed by atoms with Crippen LogP contribution < -0.4 is 4.72 Å². The molecule has 1 heterocycles. The number of rotatable bonds is 7. The number of pyridine rings is 1. The van der Waals surface area contributed by atoms with Crippen molar-refractivity contribution in [3.8, 4) is 0 Å². The van der Waals surface area contributed by atoms with Crippen molar-refractivity contribution in [3.05, 3.63) is 35.6 Å². The monoisotopic (exact) mass is 290 g/mol. The molecule has 0 aromatic carbocycles. The van der Waals surface area contributed by atoms with Crippen LogP contribution in [0.2, 0.25) is 5.15 Å². The van der Waals surface area contributed by atoms with Gasteiger partial charge in [0.1, 0.15) is 10.0 Å². The highest BCUT2D eigenvalue weighted by molar-refractivity contribution is 7.89. The zero-order chi connectivity index (χ0) is 13.6. The lowest BCUT2D eigenvalue weighted by molar-refractivity contribution is 0.162. The summed E-state index contributed by atoms with van der Waals surface area (Å²) in [5.74, 6) is 0. The highest BCUT2D eigenvalue weighted by Crippen LogP contribution is 2.16. The van der Waals surface area contributed by atoms with E-state index >= 15 is 0 Å². The van der Waals surface area contributed by atoms with Crippen molar-refractivity contribution in [1.82, 2.24) is 9.71 Å². The fourth-order valence-corrected chi connectivity index (χ4v) is 2.61. The molecule has 1 rings (SSSR count). The fourth-order valence-electron chi connectivity index (χ4n) is 1.14. The average molecular weight is 291 g/mol. The summed E-state index contributed by atoms with van der Waals surface area (Å²) < 4.78 is 31.2. The van der Waals surface area contributed by atoms with Gasteiger partial charge in [-0.05, 0) is 19.1 Å². The van der Waals surface area contributed by atoms with E-state index in [4.69, 9.17) is 16.3 Å². The second-order valence-corrected chi connectivity index (χ2v) is 5.79. The minimum atomic E-state index is -3.64. The van der Waals surface area contributed by atoms with Gasteiger partial charge in [-0.15, -0.1) is 0 Å². The summed E-state index contributed by atoms with van der Waals surface area (Å²) in [6, 6.07) is 2.91. The summed E-state index contributed by atoms with van der Waals surface area (Å²) >= 11 is 5.72. The Kier molecular flexibility index (Phi) is 5.74. The van der Waals surface area contributed by atoms with E-state index in [-0.39, 0.29) is 23.2 Å². The quantitative estimate of drug-likeness (QED) is 0.470. The maximum absolute atomic E-state index is 11.8. The largest absolute Gasteiger partial charge is 0.376 e. The van der Waals surface area contributed by atoms with Gasteiger partial charge in [0.15, 0.2) is 0 Å². The van der Waals surface area contributed by atoms with E-state index in [9.17, 15) is 8.42 Å². The molecule has 0 spiro atoms. The predicted molar refractivity (Wildman–Crippen MR) is 70.1 cm³/mol. The zero-order valence-corrected chi connectivity index (χ0v) is 11.6. The third-order valence-corrected chi connectivity index (χ3v) is 3.81. The molecule has 0 bridgehead atoms. The van der Waals surface area contributed by atoms with Crippen LogP contribution in [0.1, 0.15) is 6.92 Å². The molecule has 7 heteroatoms. The summed E-state index contributed by atoms with van der Waals surface area (Å²) in [5, 5.41) is -0.0483. The van der Waals surface area contributed by atoms with Gasteiger partial charge in [-0.1, -0.05) is 23.8 Å². The number of aromatic nitrogens is 1. The van der Waals surface area contributed by atoms with E-state index in [1.165, 1.54) is 18.3 Å². The molecule has 1 N–H and O–H groups in total. The Morgan fingerprint density at radius 1 is 1.61 bits per heavy atom. The van der Waals surface area contributed by atoms with Gasteiger partial charge in [0.25, 0.3) is 0 Å². The molecule has 0 fully saturated rings. The van der Waals surface area contributed by atoms with Crippen molar-refractivity contribution in [2.24, 2.45) is 0 Å². The first-order chi connectivity index (χ1) is 8.43. The van der Waals surface area contributed by atoms with Crippen molar-refractivity contribution in [2.75, 3.05) is 19.8 Å². The van der Waals surface area contributed by atoms with Crippen LogP contribution in [0.4, 0.5) is 0 Å². The molecule has 18 heavy (non-hydrogen) atoms. The van der Waals surface area contributed by atoms with Crippen molar-refractivity contribution >= 4 is 21.6 Å². The Morgan fingerprint density at radius 2 is 2.33 bits per heavy atom. The van der Waals surface area contributed by atoms with Gasteiger partial charge in [-0.3, -0.25) is 0 Å². The lowest BCUT2D eigenvalue weighted by Crippen LogP contribution is -2.28. The van der Waals surface area contributed by atoms with Gasteiger partial charge < -0.3 is 4.74 Å². The van der Waals surface area contributed by atoms with Crippen LogP contribution in [0.25, 0.3) is 0 Å². The number of hydrogen-bond acceptors (Lipinski definition) is 4. The SMILES string of the molecule is C=C(C)COCCNS(=O)(=O)c1cccnc1Cl. The summed E-state index contributed by atoms with van der Waals surface area (Å²) in [6.45, 7) is 6.35. The Hall–Kier alpha value is -0.950. The molecular formula is C11H15ClN2O3S. The Morgan fingerprint density at radius 3 is 2.94 bits per heavy atom. The standard InChI is InChI=1S/C11H15ClN2O3S/c1-9(2)8-17-7-6-14-18(15,16)10-4-3-5-13-11(10)12/h3-5,14H,1,6-8H2,2H3. The molecule has 0 unspecified atom stereocenters. The maximum atomic E-state index is 11.8. The Bertz CT molecular complexity index is 517. The summed E-state index contributed by atoms with van der Waals surface area (Å²) in [4.78, 5) is 3.68. The molecule has 0 radical (unpaired) electrons. The first kappa shape index (κ1) is 15.1. The topological polar surface area (TPSA) is 68.3 Å². The number of halogens is 1. The molecule has 1 aromatic rings. The summed E-state index contributed by atoms with van der Waals surface area (Å²) in [6.07, 6.45) is 1.43. The third-order valence-electron chi connectivity index (χ3n) is 1.90. The van der Waals surface area contributed by atoms with Crippen LogP contribution in [-0.2, 0) is 14.8 Å². The maximum Gasteiger partial charge on any atom is 0.243 e. The normalized spacial score (nSPS) is 11.4. The molecular weight excluding hydrogens is 276 g/mol. The molecule has 5 nitrogen and oxygen atoms in total. The predicted octanol–water partition coefficient (Wildman–Crippen LogP) is 1.61. The molecule has 0 aliphatic heterocycles. The molecule has 0 aliphatic carbocycles. The van der Waals surface area contributed by atoms with E-state index in [1.54, 1.807) is 0 Å². The van der Waals surface area contributed by atoms with Crippen LogP contribution in [-0.4, -0.2) is 33.2 Å². The van der Waals surface area contributed by atoms with Crippen LogP contribution in [0.5, 0.6) is 0 Å². The van der Waals surface area contributed by atoms with Gasteiger partial charge >= 0.3 is 0 Å². The number of sulfonamides is 1. The minimum Gasteiger partial charge on any atom is -0.376 e. The highest BCUT2D eigenvalue weighted by atomic mass is 35.5. The number of ether oxygens (including phenoxy) is 1. The van der Waals surface area contributed by atoms with Gasteiger partial charge in [0.2, 0.25) is 10.0 Å². The highest BCUT2D eigenvalue weighted by Gasteiger charge is 2.17. The van der Waals surface area contributed by atoms with Gasteiger partial charge in [-0.2, -0.15) is 0 Å². The molecule has 0 aliphatic rings. The molecule has 100 valence electrons. The van der Waals surface area contributed by atoms with Gasteiger partial charge in [0.05, 0.1) is 13.2 Å². The Balaban J connectivity index is 2.51. The lowest BCUT2D eigenvalue weighted by Gasteiger charge is -2.08. The number of nitrogens with zero attached hydrogens (tertiary/aromatic N) is 1. The molecule has 0 amide bonds. The zero-order valence-electron chi connectivity index (χ0n) is 10.0. The van der Waals surface area contributed by atoms with Gasteiger partial charge in [-0.25, -0.2) is 18.1 Å². The van der Waals surface area contributed by atoms with Gasteiger partial charge in [0, 0.05) is 12.7 Å². The van der Waals surface area contributed by atoms with Crippen LogP contribution >= 0.6 is 11.6 Å². The van der Waals surface area contributed by atoms with Crippen LogP contribution in [0.3, 0.4) is 0 Å². The van der Waals surface area contributed by atoms with E-state index in [0.29, 0.717) is 6.61 Å². The van der Waals surface area contributed by atoms with Crippen molar-refractivity contribution in [3.63, 3.8) is 0 Å². The number of nitrogens with one attached hydrogen (secondary N) is 1. The number of hydrogen-bond donors (Lipinski definition) is 1.